The Kier molecular flexibility index (Phi) is 6.84. The Balaban J connectivity index is 2.19. The molecular formula is C18H18BrClN2O3. The molecule has 0 aromatic heterocycles. The van der Waals surface area contributed by atoms with Crippen molar-refractivity contribution in [3.8, 4) is 0 Å². The lowest BCUT2D eigenvalue weighted by atomic mass is 9.98. The summed E-state index contributed by atoms with van der Waals surface area (Å²) in [6.45, 7) is 1.50. The quantitative estimate of drug-likeness (QED) is 0.650. The van der Waals surface area contributed by atoms with Crippen LogP contribution in [0.1, 0.15) is 24.1 Å². The first-order chi connectivity index (χ1) is 11.8. The molecule has 2 amide bonds. The predicted octanol–water partition coefficient (Wildman–Crippen LogP) is 4.16. The summed E-state index contributed by atoms with van der Waals surface area (Å²) in [5.74, 6) is -0.385. The third-order valence-corrected chi connectivity index (χ3v) is 4.46. The lowest BCUT2D eigenvalue weighted by Gasteiger charge is -2.22. The molecule has 0 aliphatic rings. The van der Waals surface area contributed by atoms with Crippen LogP contribution in [0.3, 0.4) is 0 Å². The largest absolute Gasteiger partial charge is 0.465 e. The summed E-state index contributed by atoms with van der Waals surface area (Å²) in [6.07, 6.45) is -0.676. The average molecular weight is 426 g/mol. The lowest BCUT2D eigenvalue weighted by Crippen LogP contribution is -2.45. The Labute approximate surface area is 159 Å². The lowest BCUT2D eigenvalue weighted by molar-refractivity contribution is -0.123. The zero-order valence-corrected chi connectivity index (χ0v) is 15.8. The molecular weight excluding hydrogens is 408 g/mol. The van der Waals surface area contributed by atoms with E-state index in [0.29, 0.717) is 11.4 Å². The number of halogens is 2. The summed E-state index contributed by atoms with van der Waals surface area (Å²) in [5.41, 5.74) is 1.94. The van der Waals surface area contributed by atoms with Gasteiger partial charge in [0.1, 0.15) is 6.04 Å². The van der Waals surface area contributed by atoms with E-state index in [1.165, 1.54) is 6.92 Å². The van der Waals surface area contributed by atoms with Gasteiger partial charge in [-0.1, -0.05) is 51.8 Å². The summed E-state index contributed by atoms with van der Waals surface area (Å²) in [4.78, 5) is 23.0. The standard InChI is InChI=1S/C18H18BrClN2O3/c1-11(21-18(24)25)17(23)22-16(13-4-6-14(19)7-5-13)10-12-2-8-15(20)9-3-12/h2-9,11,16,21H,10H2,1H3,(H,22,23)(H,24,25). The molecule has 0 saturated heterocycles. The number of rotatable bonds is 6. The second-order valence-corrected chi connectivity index (χ2v) is 6.97. The van der Waals surface area contributed by atoms with E-state index in [4.69, 9.17) is 16.7 Å². The van der Waals surface area contributed by atoms with E-state index in [1.54, 1.807) is 12.1 Å². The minimum atomic E-state index is -1.24. The number of benzene rings is 2. The number of amides is 2. The molecule has 0 aliphatic carbocycles. The van der Waals surface area contributed by atoms with E-state index in [9.17, 15) is 9.59 Å². The number of carboxylic acid groups (broad SMARTS) is 1. The van der Waals surface area contributed by atoms with Gasteiger partial charge in [0.25, 0.3) is 0 Å². The van der Waals surface area contributed by atoms with Crippen LogP contribution in [-0.4, -0.2) is 23.1 Å². The molecule has 0 aliphatic heterocycles. The van der Waals surface area contributed by atoms with Crippen molar-refractivity contribution >= 4 is 39.5 Å². The molecule has 3 N–H and O–H groups in total. The summed E-state index contributed by atoms with van der Waals surface area (Å²) in [5, 5.41) is 14.5. The monoisotopic (exact) mass is 424 g/mol. The van der Waals surface area contributed by atoms with Crippen LogP contribution in [0.5, 0.6) is 0 Å². The van der Waals surface area contributed by atoms with Crippen molar-refractivity contribution in [2.24, 2.45) is 0 Å². The molecule has 0 spiro atoms. The SMILES string of the molecule is CC(NC(=O)O)C(=O)NC(Cc1ccc(Cl)cc1)c1ccc(Br)cc1. The van der Waals surface area contributed by atoms with Crippen LogP contribution < -0.4 is 10.6 Å². The molecule has 0 bridgehead atoms. The van der Waals surface area contributed by atoms with Gasteiger partial charge < -0.3 is 15.7 Å². The van der Waals surface area contributed by atoms with Gasteiger partial charge in [-0.25, -0.2) is 4.79 Å². The van der Waals surface area contributed by atoms with E-state index < -0.39 is 12.1 Å². The fourth-order valence-electron chi connectivity index (χ4n) is 2.35. The third kappa shape index (κ3) is 6.07. The molecule has 2 atom stereocenters. The van der Waals surface area contributed by atoms with Crippen molar-refractivity contribution in [3.63, 3.8) is 0 Å². The molecule has 2 aromatic carbocycles. The molecule has 2 unspecified atom stereocenters. The molecule has 0 fully saturated rings. The van der Waals surface area contributed by atoms with Gasteiger partial charge in [0.05, 0.1) is 6.04 Å². The highest BCUT2D eigenvalue weighted by Gasteiger charge is 2.20. The van der Waals surface area contributed by atoms with Crippen molar-refractivity contribution in [2.45, 2.75) is 25.4 Å². The zero-order chi connectivity index (χ0) is 18.4. The van der Waals surface area contributed by atoms with Crippen LogP contribution in [0.4, 0.5) is 4.79 Å². The van der Waals surface area contributed by atoms with Gasteiger partial charge in [-0.3, -0.25) is 4.79 Å². The van der Waals surface area contributed by atoms with Crippen molar-refractivity contribution < 1.29 is 14.7 Å². The Hall–Kier alpha value is -2.05. The van der Waals surface area contributed by atoms with Crippen molar-refractivity contribution in [3.05, 3.63) is 69.2 Å². The van der Waals surface area contributed by atoms with E-state index >= 15 is 0 Å². The molecule has 0 saturated carbocycles. The summed E-state index contributed by atoms with van der Waals surface area (Å²) < 4.78 is 0.939. The molecule has 5 nitrogen and oxygen atoms in total. The first kappa shape index (κ1) is 19.3. The summed E-state index contributed by atoms with van der Waals surface area (Å²) in [6, 6.07) is 13.9. The maximum Gasteiger partial charge on any atom is 0.405 e. The van der Waals surface area contributed by atoms with Gasteiger partial charge in [0.15, 0.2) is 0 Å². The number of hydrogen-bond acceptors (Lipinski definition) is 2. The second-order valence-electron chi connectivity index (χ2n) is 5.61. The Morgan fingerprint density at radius 1 is 1.08 bits per heavy atom. The number of carbonyl (C=O) groups excluding carboxylic acids is 1. The topological polar surface area (TPSA) is 78.4 Å². The van der Waals surface area contributed by atoms with Gasteiger partial charge in [0, 0.05) is 9.50 Å². The predicted molar refractivity (Wildman–Crippen MR) is 101 cm³/mol. The van der Waals surface area contributed by atoms with Gasteiger partial charge in [-0.2, -0.15) is 0 Å². The molecule has 0 heterocycles. The fraction of sp³-hybridized carbons (Fsp3) is 0.222. The van der Waals surface area contributed by atoms with Gasteiger partial charge in [-0.15, -0.1) is 0 Å². The Bertz CT molecular complexity index is 735. The highest BCUT2D eigenvalue weighted by atomic mass is 79.9. The number of carbonyl (C=O) groups is 2. The number of nitrogens with one attached hydrogen (secondary N) is 2. The van der Waals surface area contributed by atoms with Gasteiger partial charge >= 0.3 is 6.09 Å². The second kappa shape index (κ2) is 8.87. The average Bonchev–Trinajstić information content (AvgIpc) is 2.56. The highest BCUT2D eigenvalue weighted by Crippen LogP contribution is 2.22. The number of hydrogen-bond donors (Lipinski definition) is 3. The minimum absolute atomic E-state index is 0.292. The molecule has 2 aromatic rings. The first-order valence-electron chi connectivity index (χ1n) is 7.65. The van der Waals surface area contributed by atoms with Crippen LogP contribution in [0.25, 0.3) is 0 Å². The van der Waals surface area contributed by atoms with E-state index in [0.717, 1.165) is 15.6 Å². The van der Waals surface area contributed by atoms with Crippen molar-refractivity contribution in [1.82, 2.24) is 10.6 Å². The molecule has 0 radical (unpaired) electrons. The Morgan fingerprint density at radius 3 is 2.24 bits per heavy atom. The highest BCUT2D eigenvalue weighted by molar-refractivity contribution is 9.10. The van der Waals surface area contributed by atoms with Crippen LogP contribution in [0.2, 0.25) is 5.02 Å². The fourth-order valence-corrected chi connectivity index (χ4v) is 2.74. The third-order valence-electron chi connectivity index (χ3n) is 3.68. The van der Waals surface area contributed by atoms with E-state index in [1.807, 2.05) is 36.4 Å². The van der Waals surface area contributed by atoms with Crippen molar-refractivity contribution in [1.29, 1.82) is 0 Å². The Morgan fingerprint density at radius 2 is 1.68 bits per heavy atom. The smallest absolute Gasteiger partial charge is 0.405 e. The maximum atomic E-state index is 12.3. The van der Waals surface area contributed by atoms with Crippen LogP contribution >= 0.6 is 27.5 Å². The molecule has 132 valence electrons. The molecule has 25 heavy (non-hydrogen) atoms. The van der Waals surface area contributed by atoms with Crippen molar-refractivity contribution in [2.75, 3.05) is 0 Å². The maximum absolute atomic E-state index is 12.3. The minimum Gasteiger partial charge on any atom is -0.465 e. The summed E-state index contributed by atoms with van der Waals surface area (Å²) in [7, 11) is 0. The summed E-state index contributed by atoms with van der Waals surface area (Å²) >= 11 is 9.31. The molecule has 7 heteroatoms. The van der Waals surface area contributed by atoms with Crippen LogP contribution in [0, 0.1) is 0 Å². The van der Waals surface area contributed by atoms with Gasteiger partial charge in [-0.05, 0) is 48.7 Å². The van der Waals surface area contributed by atoms with E-state index in [-0.39, 0.29) is 11.9 Å². The van der Waals surface area contributed by atoms with E-state index in [2.05, 4.69) is 26.6 Å². The van der Waals surface area contributed by atoms with Crippen LogP contribution in [0.15, 0.2) is 53.0 Å². The normalized spacial score (nSPS) is 12.9. The zero-order valence-electron chi connectivity index (χ0n) is 13.5. The van der Waals surface area contributed by atoms with Gasteiger partial charge in [0.2, 0.25) is 5.91 Å². The first-order valence-corrected chi connectivity index (χ1v) is 8.82. The van der Waals surface area contributed by atoms with Crippen LogP contribution in [-0.2, 0) is 11.2 Å². The molecule has 2 rings (SSSR count).